The smallest absolute Gasteiger partial charge is 0.0273 e. The summed E-state index contributed by atoms with van der Waals surface area (Å²) in [4.78, 5) is 4.04. The molecule has 0 aromatic rings. The fourth-order valence-corrected chi connectivity index (χ4v) is 1.17. The van der Waals surface area contributed by atoms with Gasteiger partial charge in [0.15, 0.2) is 0 Å². The molecule has 0 radical (unpaired) electrons. The highest BCUT2D eigenvalue weighted by molar-refractivity contribution is 5.77. The van der Waals surface area contributed by atoms with Crippen molar-refractivity contribution in [2.75, 3.05) is 0 Å². The van der Waals surface area contributed by atoms with Crippen LogP contribution in [0.2, 0.25) is 0 Å². The van der Waals surface area contributed by atoms with Crippen molar-refractivity contribution in [1.29, 1.82) is 0 Å². The third-order valence-corrected chi connectivity index (χ3v) is 1.79. The lowest BCUT2D eigenvalue weighted by atomic mass is 10.1. The molecule has 0 spiro atoms. The molecule has 0 atom stereocenters. The van der Waals surface area contributed by atoms with E-state index >= 15 is 0 Å². The maximum absolute atomic E-state index is 4.04. The van der Waals surface area contributed by atoms with Crippen LogP contribution in [-0.4, -0.2) is 6.21 Å². The minimum atomic E-state index is 1.21. The van der Waals surface area contributed by atoms with Gasteiger partial charge < -0.3 is 0 Å². The summed E-state index contributed by atoms with van der Waals surface area (Å²) in [5.41, 5.74) is 2.41. The Kier molecular flexibility index (Phi) is 1.87. The summed E-state index contributed by atoms with van der Waals surface area (Å²) in [6.07, 6.45) is 17.9. The monoisotopic (exact) mass is 155 g/mol. The van der Waals surface area contributed by atoms with E-state index in [1.165, 1.54) is 11.1 Å². The van der Waals surface area contributed by atoms with Gasteiger partial charge in [0.25, 0.3) is 0 Å². The van der Waals surface area contributed by atoms with Gasteiger partial charge >= 0.3 is 0 Å². The molecule has 0 unspecified atom stereocenters. The average Bonchev–Trinajstić information content (AvgIpc) is 2.38. The third-order valence-electron chi connectivity index (χ3n) is 1.79. The number of allylic oxidation sites excluding steroid dienone is 9. The summed E-state index contributed by atoms with van der Waals surface area (Å²) in [5, 5.41) is 0. The normalized spacial score (nSPS) is 19.3. The van der Waals surface area contributed by atoms with Crippen LogP contribution in [0.1, 0.15) is 0 Å². The lowest BCUT2D eigenvalue weighted by Gasteiger charge is -1.97. The van der Waals surface area contributed by atoms with Gasteiger partial charge in [-0.25, -0.2) is 0 Å². The molecule has 1 aliphatic heterocycles. The van der Waals surface area contributed by atoms with Gasteiger partial charge in [0.1, 0.15) is 0 Å². The Balaban J connectivity index is 2.49. The molecule has 0 aromatic carbocycles. The van der Waals surface area contributed by atoms with Crippen molar-refractivity contribution < 1.29 is 0 Å². The van der Waals surface area contributed by atoms with Crippen molar-refractivity contribution in [2.24, 2.45) is 4.99 Å². The van der Waals surface area contributed by atoms with Crippen molar-refractivity contribution in [3.8, 4) is 0 Å². The predicted octanol–water partition coefficient (Wildman–Crippen LogP) is 2.56. The SMILES string of the molecule is C1=CC=C2C=CN=CC=C2C=C1. The molecule has 0 amide bonds. The Morgan fingerprint density at radius 3 is 2.75 bits per heavy atom. The maximum Gasteiger partial charge on any atom is 0.0273 e. The van der Waals surface area contributed by atoms with Crippen LogP contribution in [0.3, 0.4) is 0 Å². The van der Waals surface area contributed by atoms with Crippen molar-refractivity contribution in [1.82, 2.24) is 0 Å². The molecule has 12 heavy (non-hydrogen) atoms. The lowest BCUT2D eigenvalue weighted by molar-refractivity contribution is 1.54. The van der Waals surface area contributed by atoms with E-state index in [0.717, 1.165) is 0 Å². The van der Waals surface area contributed by atoms with Crippen LogP contribution >= 0.6 is 0 Å². The molecule has 0 bridgehead atoms. The van der Waals surface area contributed by atoms with Gasteiger partial charge in [-0.05, 0) is 23.3 Å². The van der Waals surface area contributed by atoms with Crippen molar-refractivity contribution in [2.45, 2.75) is 0 Å². The Labute approximate surface area is 71.8 Å². The van der Waals surface area contributed by atoms with E-state index in [1.807, 2.05) is 42.8 Å². The second-order valence-corrected chi connectivity index (χ2v) is 2.60. The summed E-state index contributed by atoms with van der Waals surface area (Å²) in [5.74, 6) is 0. The van der Waals surface area contributed by atoms with Crippen LogP contribution in [-0.2, 0) is 0 Å². The molecule has 0 saturated heterocycles. The van der Waals surface area contributed by atoms with E-state index in [1.54, 1.807) is 0 Å². The molecule has 2 aliphatic rings. The average molecular weight is 155 g/mol. The van der Waals surface area contributed by atoms with Gasteiger partial charge in [-0.2, -0.15) is 0 Å². The van der Waals surface area contributed by atoms with Gasteiger partial charge in [-0.1, -0.05) is 30.4 Å². The fourth-order valence-electron chi connectivity index (χ4n) is 1.17. The zero-order valence-electron chi connectivity index (χ0n) is 6.64. The molecule has 0 aromatic heterocycles. The number of nitrogens with zero attached hydrogens (tertiary/aromatic N) is 1. The minimum absolute atomic E-state index is 1.21. The molecular weight excluding hydrogens is 146 g/mol. The molecule has 0 N–H and O–H groups in total. The van der Waals surface area contributed by atoms with Crippen LogP contribution in [0, 0.1) is 0 Å². The van der Waals surface area contributed by atoms with Crippen LogP contribution in [0.5, 0.6) is 0 Å². The Bertz CT molecular complexity index is 313. The van der Waals surface area contributed by atoms with Gasteiger partial charge in [-0.3, -0.25) is 4.99 Å². The van der Waals surface area contributed by atoms with Crippen molar-refractivity contribution in [3.63, 3.8) is 0 Å². The van der Waals surface area contributed by atoms with Gasteiger partial charge in [0.2, 0.25) is 0 Å². The van der Waals surface area contributed by atoms with E-state index in [-0.39, 0.29) is 0 Å². The van der Waals surface area contributed by atoms with Crippen molar-refractivity contribution in [3.05, 3.63) is 59.9 Å². The summed E-state index contributed by atoms with van der Waals surface area (Å²) >= 11 is 0. The molecule has 1 aliphatic carbocycles. The van der Waals surface area contributed by atoms with E-state index in [4.69, 9.17) is 0 Å². The first kappa shape index (κ1) is 7.04. The number of hydrogen-bond acceptors (Lipinski definition) is 1. The quantitative estimate of drug-likeness (QED) is 0.509. The number of fused-ring (bicyclic) bond motifs is 1. The van der Waals surface area contributed by atoms with Crippen LogP contribution in [0.15, 0.2) is 64.9 Å². The van der Waals surface area contributed by atoms with Gasteiger partial charge in [0, 0.05) is 12.4 Å². The molecule has 0 saturated carbocycles. The summed E-state index contributed by atoms with van der Waals surface area (Å²) < 4.78 is 0. The highest BCUT2D eigenvalue weighted by atomic mass is 14.7. The topological polar surface area (TPSA) is 12.4 Å². The molecule has 0 fully saturated rings. The Morgan fingerprint density at radius 1 is 0.833 bits per heavy atom. The summed E-state index contributed by atoms with van der Waals surface area (Å²) in [6.45, 7) is 0. The largest absolute Gasteiger partial charge is 0.265 e. The fraction of sp³-hybridized carbons (Fsp3) is 0. The second kappa shape index (κ2) is 3.18. The highest BCUT2D eigenvalue weighted by Gasteiger charge is 1.99. The molecule has 1 heteroatoms. The molecule has 58 valence electrons. The van der Waals surface area contributed by atoms with Gasteiger partial charge in [0.05, 0.1) is 0 Å². The number of rotatable bonds is 0. The van der Waals surface area contributed by atoms with Crippen LogP contribution in [0.25, 0.3) is 0 Å². The minimum Gasteiger partial charge on any atom is -0.265 e. The van der Waals surface area contributed by atoms with E-state index in [9.17, 15) is 0 Å². The zero-order valence-corrected chi connectivity index (χ0v) is 6.64. The maximum atomic E-state index is 4.04. The van der Waals surface area contributed by atoms with E-state index < -0.39 is 0 Å². The highest BCUT2D eigenvalue weighted by Crippen LogP contribution is 2.16. The summed E-state index contributed by atoms with van der Waals surface area (Å²) in [7, 11) is 0. The summed E-state index contributed by atoms with van der Waals surface area (Å²) in [6, 6.07) is 0. The second-order valence-electron chi connectivity index (χ2n) is 2.60. The number of aliphatic imine (C=N–C) groups is 1. The zero-order chi connectivity index (χ0) is 8.23. The third kappa shape index (κ3) is 1.35. The Hall–Kier alpha value is -1.63. The first-order valence-electron chi connectivity index (χ1n) is 3.92. The predicted molar refractivity (Wildman–Crippen MR) is 52.1 cm³/mol. The van der Waals surface area contributed by atoms with Crippen LogP contribution < -0.4 is 0 Å². The van der Waals surface area contributed by atoms with Crippen LogP contribution in [0.4, 0.5) is 0 Å². The Morgan fingerprint density at radius 2 is 1.75 bits per heavy atom. The molecular formula is C11H9N. The standard InChI is InChI=1S/C11H9N/c1-2-4-10-6-8-12-9-7-11(10)5-3-1/h1-9H. The van der Waals surface area contributed by atoms with E-state index in [0.29, 0.717) is 0 Å². The first-order valence-corrected chi connectivity index (χ1v) is 3.92. The lowest BCUT2D eigenvalue weighted by Crippen LogP contribution is -1.80. The first-order chi connectivity index (χ1) is 5.97. The number of hydrogen-bond donors (Lipinski definition) is 0. The molecule has 2 rings (SSSR count). The molecule has 1 heterocycles. The molecule has 1 nitrogen and oxygen atoms in total. The van der Waals surface area contributed by atoms with Crippen molar-refractivity contribution >= 4 is 6.21 Å². The van der Waals surface area contributed by atoms with E-state index in [2.05, 4.69) is 17.1 Å². The van der Waals surface area contributed by atoms with Gasteiger partial charge in [-0.15, -0.1) is 0 Å².